The van der Waals surface area contributed by atoms with E-state index >= 15 is 0 Å². The van der Waals surface area contributed by atoms with Gasteiger partial charge < -0.3 is 5.73 Å². The Morgan fingerprint density at radius 3 is 1.31 bits per heavy atom. The third-order valence-electron chi connectivity index (χ3n) is 5.04. The second kappa shape index (κ2) is 8.16. The van der Waals surface area contributed by atoms with Crippen LogP contribution < -0.4 is 5.73 Å². The van der Waals surface area contributed by atoms with Crippen LogP contribution in [-0.2, 0) is 12.8 Å². The van der Waals surface area contributed by atoms with Crippen LogP contribution in [0.1, 0.15) is 25.0 Å². The van der Waals surface area contributed by atoms with E-state index in [0.717, 1.165) is 12.8 Å². The second-order valence-electron chi connectivity index (χ2n) is 6.35. The highest BCUT2D eigenvalue weighted by Gasteiger charge is 2.15. The fourth-order valence-electron chi connectivity index (χ4n) is 3.81. The maximum atomic E-state index is 4.50. The second-order valence-corrected chi connectivity index (χ2v) is 6.35. The van der Waals surface area contributed by atoms with Crippen molar-refractivity contribution in [3.8, 4) is 11.1 Å². The van der Waals surface area contributed by atoms with E-state index in [0.29, 0.717) is 0 Å². The van der Waals surface area contributed by atoms with Gasteiger partial charge in [0.1, 0.15) is 0 Å². The zero-order chi connectivity index (χ0) is 18.5. The van der Waals surface area contributed by atoms with Gasteiger partial charge in [-0.1, -0.05) is 86.6 Å². The van der Waals surface area contributed by atoms with Crippen molar-refractivity contribution in [3.05, 3.63) is 83.9 Å². The van der Waals surface area contributed by atoms with Gasteiger partial charge in [-0.3, -0.25) is 0 Å². The first-order valence-electron chi connectivity index (χ1n) is 9.42. The minimum Gasteiger partial charge on any atom is -0.333 e. The summed E-state index contributed by atoms with van der Waals surface area (Å²) in [5, 5.41) is 5.37. The van der Waals surface area contributed by atoms with Gasteiger partial charge in [0.15, 0.2) is 0 Å². The summed E-state index contributed by atoms with van der Waals surface area (Å²) in [5.74, 6) is 0. The molecule has 0 spiro atoms. The predicted molar refractivity (Wildman–Crippen MR) is 116 cm³/mol. The van der Waals surface area contributed by atoms with Crippen molar-refractivity contribution < 1.29 is 0 Å². The van der Waals surface area contributed by atoms with Crippen LogP contribution in [0.4, 0.5) is 0 Å². The number of hydrogen-bond donors (Lipinski definition) is 1. The molecule has 0 saturated heterocycles. The van der Waals surface area contributed by atoms with Gasteiger partial charge in [0.05, 0.1) is 0 Å². The van der Waals surface area contributed by atoms with Gasteiger partial charge in [-0.2, -0.15) is 0 Å². The molecule has 0 saturated carbocycles. The topological polar surface area (TPSA) is 26.0 Å². The molecule has 26 heavy (non-hydrogen) atoms. The van der Waals surface area contributed by atoms with Gasteiger partial charge in [-0.15, -0.1) is 0 Å². The normalized spacial score (nSPS) is 10.6. The summed E-state index contributed by atoms with van der Waals surface area (Å²) in [6.45, 7) is 4.51. The van der Waals surface area contributed by atoms with E-state index < -0.39 is 0 Å². The number of rotatable bonds is 3. The summed E-state index contributed by atoms with van der Waals surface area (Å²) in [7, 11) is 1.50. The number of fused-ring (bicyclic) bond motifs is 2. The Morgan fingerprint density at radius 2 is 0.923 bits per heavy atom. The molecule has 0 atom stereocenters. The van der Waals surface area contributed by atoms with Gasteiger partial charge in [0, 0.05) is 0 Å². The SMILES string of the molecule is CCc1ccc2ccccc2c1-c1c(CC)ccc2ccccc12.CN. The third-order valence-corrected chi connectivity index (χ3v) is 5.04. The summed E-state index contributed by atoms with van der Waals surface area (Å²) < 4.78 is 0. The summed E-state index contributed by atoms with van der Waals surface area (Å²) in [4.78, 5) is 0. The van der Waals surface area contributed by atoms with Crippen LogP contribution in [-0.4, -0.2) is 7.05 Å². The summed E-state index contributed by atoms with van der Waals surface area (Å²) in [6, 6.07) is 26.7. The lowest BCUT2D eigenvalue weighted by atomic mass is 9.86. The largest absolute Gasteiger partial charge is 0.333 e. The smallest absolute Gasteiger partial charge is 0.00644 e. The molecule has 132 valence electrons. The Labute approximate surface area is 156 Å². The molecule has 2 N–H and O–H groups in total. The lowest BCUT2D eigenvalue weighted by Crippen LogP contribution is -1.95. The molecule has 0 radical (unpaired) electrons. The van der Waals surface area contributed by atoms with Crippen LogP contribution in [0.3, 0.4) is 0 Å². The molecule has 4 aromatic carbocycles. The predicted octanol–water partition coefficient (Wildman–Crippen LogP) is 6.36. The van der Waals surface area contributed by atoms with E-state index in [-0.39, 0.29) is 0 Å². The number of nitrogens with two attached hydrogens (primary N) is 1. The van der Waals surface area contributed by atoms with Crippen LogP contribution in [0.2, 0.25) is 0 Å². The van der Waals surface area contributed by atoms with Crippen molar-refractivity contribution in [1.82, 2.24) is 0 Å². The summed E-state index contributed by atoms with van der Waals surface area (Å²) in [6.07, 6.45) is 2.10. The van der Waals surface area contributed by atoms with Gasteiger partial charge in [-0.05, 0) is 63.7 Å². The lowest BCUT2D eigenvalue weighted by molar-refractivity contribution is 1.13. The first kappa shape index (κ1) is 18.2. The van der Waals surface area contributed by atoms with Gasteiger partial charge in [0.25, 0.3) is 0 Å². The highest BCUT2D eigenvalue weighted by Crippen LogP contribution is 2.39. The van der Waals surface area contributed by atoms with Crippen LogP contribution in [0, 0.1) is 0 Å². The van der Waals surface area contributed by atoms with E-state index in [2.05, 4.69) is 92.4 Å². The highest BCUT2D eigenvalue weighted by molar-refractivity contribution is 6.07. The first-order chi connectivity index (χ1) is 12.8. The molecular weight excluding hydrogens is 314 g/mol. The van der Waals surface area contributed by atoms with E-state index in [4.69, 9.17) is 0 Å². The van der Waals surface area contributed by atoms with E-state index in [1.807, 2.05) is 0 Å². The Bertz CT molecular complexity index is 945. The monoisotopic (exact) mass is 341 g/mol. The fourth-order valence-corrected chi connectivity index (χ4v) is 3.81. The molecule has 0 aliphatic carbocycles. The standard InChI is InChI=1S/C24H22.CH5N/c1-3-17-13-15-19-9-5-7-11-21(19)23(17)24-18(4-2)14-16-20-10-6-8-12-22(20)24;1-2/h5-16H,3-4H2,1-2H3;2H2,1H3. The molecule has 0 aromatic heterocycles. The zero-order valence-electron chi connectivity index (χ0n) is 15.9. The van der Waals surface area contributed by atoms with E-state index in [9.17, 15) is 0 Å². The van der Waals surface area contributed by atoms with E-state index in [1.165, 1.54) is 50.8 Å². The van der Waals surface area contributed by atoms with Crippen molar-refractivity contribution in [2.45, 2.75) is 26.7 Å². The molecule has 0 aliphatic rings. The quantitative estimate of drug-likeness (QED) is 0.461. The summed E-state index contributed by atoms with van der Waals surface area (Å²) >= 11 is 0. The molecule has 0 aliphatic heterocycles. The van der Waals surface area contributed by atoms with Gasteiger partial charge in [0.2, 0.25) is 0 Å². The first-order valence-corrected chi connectivity index (χ1v) is 9.42. The van der Waals surface area contributed by atoms with Gasteiger partial charge >= 0.3 is 0 Å². The van der Waals surface area contributed by atoms with Crippen molar-refractivity contribution in [1.29, 1.82) is 0 Å². The van der Waals surface area contributed by atoms with Crippen molar-refractivity contribution in [3.63, 3.8) is 0 Å². The minimum absolute atomic E-state index is 1.05. The van der Waals surface area contributed by atoms with E-state index in [1.54, 1.807) is 0 Å². The Morgan fingerprint density at radius 1 is 0.538 bits per heavy atom. The fraction of sp³-hybridized carbons (Fsp3) is 0.200. The van der Waals surface area contributed by atoms with Crippen LogP contribution >= 0.6 is 0 Å². The highest BCUT2D eigenvalue weighted by atomic mass is 14.4. The number of benzene rings is 4. The Balaban J connectivity index is 0.000000948. The third kappa shape index (κ3) is 3.11. The van der Waals surface area contributed by atoms with Crippen LogP contribution in [0.25, 0.3) is 32.7 Å². The lowest BCUT2D eigenvalue weighted by Gasteiger charge is -2.18. The molecule has 0 heterocycles. The molecule has 0 fully saturated rings. The average Bonchev–Trinajstić information content (AvgIpc) is 2.73. The van der Waals surface area contributed by atoms with Gasteiger partial charge in [-0.25, -0.2) is 0 Å². The van der Waals surface area contributed by atoms with Crippen molar-refractivity contribution in [2.24, 2.45) is 5.73 Å². The molecule has 0 unspecified atom stereocenters. The molecule has 4 aromatic rings. The summed E-state index contributed by atoms with van der Waals surface area (Å²) in [5.41, 5.74) is 10.2. The molecule has 1 heteroatoms. The zero-order valence-corrected chi connectivity index (χ0v) is 15.9. The maximum Gasteiger partial charge on any atom is -0.00644 e. The Kier molecular flexibility index (Phi) is 5.70. The average molecular weight is 341 g/mol. The van der Waals surface area contributed by atoms with Crippen molar-refractivity contribution in [2.75, 3.05) is 7.05 Å². The van der Waals surface area contributed by atoms with Crippen LogP contribution in [0.5, 0.6) is 0 Å². The van der Waals surface area contributed by atoms with Crippen LogP contribution in [0.15, 0.2) is 72.8 Å². The minimum atomic E-state index is 1.05. The molecule has 0 amide bonds. The maximum absolute atomic E-state index is 4.50. The number of aryl methyl sites for hydroxylation is 2. The molecule has 0 bridgehead atoms. The molecular formula is C25H27N. The number of hydrogen-bond acceptors (Lipinski definition) is 1. The molecule has 4 rings (SSSR count). The van der Waals surface area contributed by atoms with Crippen molar-refractivity contribution >= 4 is 21.5 Å². The Hall–Kier alpha value is -2.64. The molecule has 1 nitrogen and oxygen atoms in total.